The molecule has 0 radical (unpaired) electrons. The molecule has 0 atom stereocenters. The molecule has 5 fully saturated rings. The number of aromatic nitrogens is 1. The van der Waals surface area contributed by atoms with E-state index in [9.17, 15) is 9.59 Å². The smallest absolute Gasteiger partial charge is 0.253 e. The summed E-state index contributed by atoms with van der Waals surface area (Å²) in [6.07, 6.45) is 12.5. The van der Waals surface area contributed by atoms with E-state index >= 15 is 0 Å². The molecule has 1 N–H and O–H groups in total. The average Bonchev–Trinajstić information content (AvgIpc) is 2.68. The highest BCUT2D eigenvalue weighted by Gasteiger charge is 2.55. The van der Waals surface area contributed by atoms with Crippen LogP contribution in [0, 0.1) is 23.2 Å². The molecule has 144 valence electrons. The standard InChI is InChI=1S/C22H29N3O2/c26-20(18-2-1-5-23-14-18)24-19-3-6-25(7-4-19)21(27)22-11-15-8-16(12-22)10-17(9-15)13-22/h1-2,5,14-17,19H,3-4,6-13H2,(H,24,26). The van der Waals surface area contributed by atoms with Crippen molar-refractivity contribution >= 4 is 11.8 Å². The largest absolute Gasteiger partial charge is 0.349 e. The Morgan fingerprint density at radius 1 is 1.04 bits per heavy atom. The molecule has 0 spiro atoms. The van der Waals surface area contributed by atoms with Gasteiger partial charge in [0.25, 0.3) is 5.91 Å². The predicted molar refractivity (Wildman–Crippen MR) is 102 cm³/mol. The normalized spacial score (nSPS) is 35.3. The topological polar surface area (TPSA) is 62.3 Å². The molecule has 5 heteroatoms. The Morgan fingerprint density at radius 3 is 2.22 bits per heavy atom. The number of pyridine rings is 1. The number of rotatable bonds is 3. The Morgan fingerprint density at radius 2 is 1.67 bits per heavy atom. The van der Waals surface area contributed by atoms with E-state index in [0.29, 0.717) is 11.5 Å². The number of nitrogens with zero attached hydrogens (tertiary/aromatic N) is 2. The monoisotopic (exact) mass is 367 g/mol. The van der Waals surface area contributed by atoms with E-state index < -0.39 is 0 Å². The second-order valence-corrected chi connectivity index (χ2v) is 9.48. The lowest BCUT2D eigenvalue weighted by molar-refractivity contribution is -0.158. The van der Waals surface area contributed by atoms with Crippen LogP contribution in [0.15, 0.2) is 24.5 Å². The van der Waals surface area contributed by atoms with Crippen LogP contribution >= 0.6 is 0 Å². The Bertz CT molecular complexity index is 689. The zero-order valence-corrected chi connectivity index (χ0v) is 15.9. The van der Waals surface area contributed by atoms with Gasteiger partial charge in [0, 0.05) is 31.5 Å². The third kappa shape index (κ3) is 3.15. The fourth-order valence-electron chi connectivity index (χ4n) is 6.70. The van der Waals surface area contributed by atoms with Crippen LogP contribution in [-0.2, 0) is 4.79 Å². The van der Waals surface area contributed by atoms with Crippen molar-refractivity contribution in [3.63, 3.8) is 0 Å². The van der Waals surface area contributed by atoms with Crippen LogP contribution in [0.4, 0.5) is 0 Å². The maximum absolute atomic E-state index is 13.4. The molecule has 1 aliphatic heterocycles. The molecule has 1 aromatic heterocycles. The first-order valence-electron chi connectivity index (χ1n) is 10.6. The maximum atomic E-state index is 13.4. The van der Waals surface area contributed by atoms with Crippen molar-refractivity contribution in [2.75, 3.05) is 13.1 Å². The van der Waals surface area contributed by atoms with Crippen LogP contribution in [0.3, 0.4) is 0 Å². The second kappa shape index (κ2) is 6.61. The van der Waals surface area contributed by atoms with Gasteiger partial charge in [-0.05, 0) is 81.3 Å². The van der Waals surface area contributed by atoms with E-state index in [-0.39, 0.29) is 17.4 Å². The zero-order valence-electron chi connectivity index (χ0n) is 15.9. The molecule has 1 aromatic rings. The number of amides is 2. The highest BCUT2D eigenvalue weighted by Crippen LogP contribution is 2.60. The SMILES string of the molecule is O=C(NC1CCN(C(=O)C23CC4CC(CC(C4)C2)C3)CC1)c1cccnc1. The van der Waals surface area contributed by atoms with E-state index in [1.54, 1.807) is 24.5 Å². The van der Waals surface area contributed by atoms with Gasteiger partial charge >= 0.3 is 0 Å². The van der Waals surface area contributed by atoms with Crippen molar-refractivity contribution < 1.29 is 9.59 Å². The molecular formula is C22H29N3O2. The lowest BCUT2D eigenvalue weighted by atomic mass is 9.49. The Labute approximate surface area is 160 Å². The van der Waals surface area contributed by atoms with Crippen molar-refractivity contribution in [2.24, 2.45) is 23.2 Å². The molecule has 4 bridgehead atoms. The fraction of sp³-hybridized carbons (Fsp3) is 0.682. The highest BCUT2D eigenvalue weighted by molar-refractivity contribution is 5.94. The van der Waals surface area contributed by atoms with Gasteiger partial charge < -0.3 is 10.2 Å². The molecule has 4 aliphatic carbocycles. The lowest BCUT2D eigenvalue weighted by Gasteiger charge is -2.57. The van der Waals surface area contributed by atoms with Crippen LogP contribution in [0.2, 0.25) is 0 Å². The van der Waals surface area contributed by atoms with Gasteiger partial charge in [-0.3, -0.25) is 14.6 Å². The summed E-state index contributed by atoms with van der Waals surface area (Å²) in [6.45, 7) is 1.55. The lowest BCUT2D eigenvalue weighted by Crippen LogP contribution is -2.56. The van der Waals surface area contributed by atoms with Gasteiger partial charge in [0.1, 0.15) is 0 Å². The molecule has 0 aromatic carbocycles. The van der Waals surface area contributed by atoms with Crippen molar-refractivity contribution in [1.82, 2.24) is 15.2 Å². The van der Waals surface area contributed by atoms with E-state index in [0.717, 1.165) is 62.9 Å². The molecule has 1 saturated heterocycles. The van der Waals surface area contributed by atoms with Crippen molar-refractivity contribution in [3.05, 3.63) is 30.1 Å². The van der Waals surface area contributed by atoms with Crippen LogP contribution in [-0.4, -0.2) is 40.8 Å². The van der Waals surface area contributed by atoms with E-state index in [1.807, 2.05) is 0 Å². The minimum Gasteiger partial charge on any atom is -0.349 e. The number of likely N-dealkylation sites (tertiary alicyclic amines) is 1. The molecule has 2 heterocycles. The summed E-state index contributed by atoms with van der Waals surface area (Å²) >= 11 is 0. The van der Waals surface area contributed by atoms with E-state index in [2.05, 4.69) is 15.2 Å². The van der Waals surface area contributed by atoms with Crippen LogP contribution in [0.1, 0.15) is 61.7 Å². The number of carbonyl (C=O) groups excluding carboxylic acids is 2. The zero-order chi connectivity index (χ0) is 18.4. The molecular weight excluding hydrogens is 338 g/mol. The van der Waals surface area contributed by atoms with Gasteiger partial charge in [0.05, 0.1) is 11.0 Å². The summed E-state index contributed by atoms with van der Waals surface area (Å²) in [5, 5.41) is 3.11. The van der Waals surface area contributed by atoms with Gasteiger partial charge in [0.15, 0.2) is 0 Å². The summed E-state index contributed by atoms with van der Waals surface area (Å²) in [7, 11) is 0. The van der Waals surface area contributed by atoms with Gasteiger partial charge in [-0.25, -0.2) is 0 Å². The van der Waals surface area contributed by atoms with Gasteiger partial charge in [0.2, 0.25) is 5.91 Å². The third-order valence-electron chi connectivity index (χ3n) is 7.53. The summed E-state index contributed by atoms with van der Waals surface area (Å²) < 4.78 is 0. The van der Waals surface area contributed by atoms with Gasteiger partial charge in [-0.2, -0.15) is 0 Å². The molecule has 0 unspecified atom stereocenters. The predicted octanol–water partition coefficient (Wildman–Crippen LogP) is 3.02. The average molecular weight is 367 g/mol. The Hall–Kier alpha value is -1.91. The minimum absolute atomic E-state index is 0.0411. The number of hydrogen-bond acceptors (Lipinski definition) is 3. The first-order valence-corrected chi connectivity index (χ1v) is 10.6. The van der Waals surface area contributed by atoms with Crippen LogP contribution < -0.4 is 5.32 Å². The second-order valence-electron chi connectivity index (χ2n) is 9.48. The summed E-state index contributed by atoms with van der Waals surface area (Å²) in [6, 6.07) is 3.72. The van der Waals surface area contributed by atoms with Crippen molar-refractivity contribution in [3.8, 4) is 0 Å². The van der Waals surface area contributed by atoms with Gasteiger partial charge in [-0.15, -0.1) is 0 Å². The Balaban J connectivity index is 1.19. The molecule has 6 rings (SSSR count). The maximum Gasteiger partial charge on any atom is 0.253 e. The minimum atomic E-state index is -0.0611. The van der Waals surface area contributed by atoms with E-state index in [4.69, 9.17) is 0 Å². The Kier molecular flexibility index (Phi) is 4.21. The van der Waals surface area contributed by atoms with Crippen LogP contribution in [0.25, 0.3) is 0 Å². The fourth-order valence-corrected chi connectivity index (χ4v) is 6.70. The quantitative estimate of drug-likeness (QED) is 0.893. The molecule has 5 aliphatic rings. The molecule has 4 saturated carbocycles. The first kappa shape index (κ1) is 17.2. The number of nitrogens with one attached hydrogen (secondary N) is 1. The number of carbonyl (C=O) groups is 2. The summed E-state index contributed by atoms with van der Waals surface area (Å²) in [4.78, 5) is 31.9. The van der Waals surface area contributed by atoms with Gasteiger partial charge in [-0.1, -0.05) is 0 Å². The molecule has 2 amide bonds. The van der Waals surface area contributed by atoms with Crippen molar-refractivity contribution in [1.29, 1.82) is 0 Å². The first-order chi connectivity index (χ1) is 13.1. The van der Waals surface area contributed by atoms with E-state index in [1.165, 1.54) is 19.3 Å². The highest BCUT2D eigenvalue weighted by atomic mass is 16.2. The third-order valence-corrected chi connectivity index (χ3v) is 7.53. The summed E-state index contributed by atoms with van der Waals surface area (Å²) in [5.74, 6) is 2.78. The molecule has 5 nitrogen and oxygen atoms in total. The molecule has 27 heavy (non-hydrogen) atoms. The number of hydrogen-bond donors (Lipinski definition) is 1. The summed E-state index contributed by atoms with van der Waals surface area (Å²) in [5.41, 5.74) is 0.560. The van der Waals surface area contributed by atoms with Crippen molar-refractivity contribution in [2.45, 2.75) is 57.4 Å². The number of piperidine rings is 1. The van der Waals surface area contributed by atoms with Crippen LogP contribution in [0.5, 0.6) is 0 Å².